The second-order valence-electron chi connectivity index (χ2n) is 5.42. The fourth-order valence-electron chi connectivity index (χ4n) is 2.44. The quantitative estimate of drug-likeness (QED) is 0.630. The van der Waals surface area contributed by atoms with Gasteiger partial charge in [-0.05, 0) is 42.8 Å². The largest absolute Gasteiger partial charge is 0.493 e. The fourth-order valence-corrected chi connectivity index (χ4v) is 3.44. The van der Waals surface area contributed by atoms with Crippen LogP contribution >= 0.6 is 15.9 Å². The monoisotopic (exact) mass is 428 g/mol. The molecule has 0 aromatic heterocycles. The fraction of sp³-hybridized carbons (Fsp3) is 0.294. The van der Waals surface area contributed by atoms with E-state index in [0.717, 1.165) is 28.6 Å². The molecule has 0 fully saturated rings. The highest BCUT2D eigenvalue weighted by molar-refractivity contribution is 9.10. The summed E-state index contributed by atoms with van der Waals surface area (Å²) in [6.07, 6.45) is 0.762. The summed E-state index contributed by atoms with van der Waals surface area (Å²) in [6, 6.07) is 10.4. The second kappa shape index (κ2) is 8.66. The van der Waals surface area contributed by atoms with Crippen LogP contribution in [0.1, 0.15) is 11.1 Å². The summed E-state index contributed by atoms with van der Waals surface area (Å²) in [4.78, 5) is 0.121. The lowest BCUT2D eigenvalue weighted by molar-refractivity contribution is 0.350. The van der Waals surface area contributed by atoms with Gasteiger partial charge in [-0.25, -0.2) is 13.6 Å². The minimum Gasteiger partial charge on any atom is -0.493 e. The van der Waals surface area contributed by atoms with Crippen LogP contribution in [-0.4, -0.2) is 29.2 Å². The van der Waals surface area contributed by atoms with Gasteiger partial charge < -0.3 is 14.8 Å². The molecule has 136 valence electrons. The van der Waals surface area contributed by atoms with E-state index in [-0.39, 0.29) is 4.90 Å². The van der Waals surface area contributed by atoms with E-state index in [4.69, 9.17) is 14.6 Å². The highest BCUT2D eigenvalue weighted by Gasteiger charge is 2.11. The predicted octanol–water partition coefficient (Wildman–Crippen LogP) is 2.45. The molecule has 6 nitrogen and oxygen atoms in total. The first-order valence-electron chi connectivity index (χ1n) is 7.58. The number of ether oxygens (including phenoxy) is 2. The zero-order valence-corrected chi connectivity index (χ0v) is 16.5. The first kappa shape index (κ1) is 19.7. The van der Waals surface area contributed by atoms with Gasteiger partial charge in [-0.1, -0.05) is 28.1 Å². The van der Waals surface area contributed by atoms with Crippen LogP contribution in [0.4, 0.5) is 0 Å². The summed E-state index contributed by atoms with van der Waals surface area (Å²) < 4.78 is 34.2. The van der Waals surface area contributed by atoms with E-state index in [1.807, 2.05) is 12.1 Å². The molecule has 2 aromatic carbocycles. The molecule has 2 rings (SSSR count). The molecule has 0 bridgehead atoms. The maximum Gasteiger partial charge on any atom is 0.238 e. The van der Waals surface area contributed by atoms with Gasteiger partial charge in [-0.2, -0.15) is 0 Å². The second-order valence-corrected chi connectivity index (χ2v) is 7.89. The first-order chi connectivity index (χ1) is 11.8. The topological polar surface area (TPSA) is 90.6 Å². The van der Waals surface area contributed by atoms with E-state index < -0.39 is 10.0 Å². The third kappa shape index (κ3) is 5.43. The molecule has 0 atom stereocenters. The van der Waals surface area contributed by atoms with Crippen LogP contribution in [0.15, 0.2) is 45.8 Å². The molecule has 3 N–H and O–H groups in total. The summed E-state index contributed by atoms with van der Waals surface area (Å²) >= 11 is 3.46. The van der Waals surface area contributed by atoms with E-state index >= 15 is 0 Å². The Morgan fingerprint density at radius 2 is 1.80 bits per heavy atom. The summed E-state index contributed by atoms with van der Waals surface area (Å²) in [5.41, 5.74) is 2.01. The molecule has 2 aromatic rings. The molecular formula is C17H21BrN2O4S. The van der Waals surface area contributed by atoms with Gasteiger partial charge in [-0.15, -0.1) is 0 Å². The summed E-state index contributed by atoms with van der Waals surface area (Å²) in [7, 11) is -0.428. The molecule has 0 aliphatic carbocycles. The molecule has 0 amide bonds. The molecule has 0 spiro atoms. The number of nitrogens with one attached hydrogen (secondary N) is 1. The van der Waals surface area contributed by atoms with Crippen molar-refractivity contribution in [3.05, 3.63) is 52.0 Å². The van der Waals surface area contributed by atoms with Crippen molar-refractivity contribution in [2.75, 3.05) is 20.8 Å². The lowest BCUT2D eigenvalue weighted by Gasteiger charge is -2.14. The predicted molar refractivity (Wildman–Crippen MR) is 100 cm³/mol. The van der Waals surface area contributed by atoms with Crippen LogP contribution in [0.25, 0.3) is 0 Å². The maximum absolute atomic E-state index is 11.2. The molecule has 0 saturated carbocycles. The lowest BCUT2D eigenvalue weighted by atomic mass is 10.1. The Kier molecular flexibility index (Phi) is 6.83. The zero-order valence-electron chi connectivity index (χ0n) is 14.1. The number of nitrogens with two attached hydrogens (primary N) is 1. The molecule has 0 unspecified atom stereocenters. The molecule has 0 saturated heterocycles. The highest BCUT2D eigenvalue weighted by atomic mass is 79.9. The van der Waals surface area contributed by atoms with E-state index in [1.165, 1.54) is 12.1 Å². The highest BCUT2D eigenvalue weighted by Crippen LogP contribution is 2.34. The molecule has 0 heterocycles. The van der Waals surface area contributed by atoms with Crippen molar-refractivity contribution in [3.63, 3.8) is 0 Å². The van der Waals surface area contributed by atoms with Crippen LogP contribution in [0.5, 0.6) is 11.5 Å². The third-order valence-corrected chi connectivity index (χ3v) is 5.07. The van der Waals surface area contributed by atoms with Crippen LogP contribution < -0.4 is 19.9 Å². The lowest BCUT2D eigenvalue weighted by Crippen LogP contribution is -2.17. The minimum atomic E-state index is -3.65. The Hall–Kier alpha value is -1.61. The van der Waals surface area contributed by atoms with Crippen molar-refractivity contribution in [2.24, 2.45) is 5.14 Å². The number of sulfonamides is 1. The van der Waals surface area contributed by atoms with Crippen LogP contribution in [0, 0.1) is 0 Å². The van der Waals surface area contributed by atoms with Crippen molar-refractivity contribution >= 4 is 26.0 Å². The SMILES string of the molecule is COc1cc(Br)cc(CNCCc2ccc(S(N)(=O)=O)cc2)c1OC. The van der Waals surface area contributed by atoms with Gasteiger partial charge in [0, 0.05) is 16.6 Å². The number of halogens is 1. The Morgan fingerprint density at radius 1 is 1.12 bits per heavy atom. The average Bonchev–Trinajstić information content (AvgIpc) is 2.57. The number of methoxy groups -OCH3 is 2. The smallest absolute Gasteiger partial charge is 0.238 e. The van der Waals surface area contributed by atoms with Crippen LogP contribution in [-0.2, 0) is 23.0 Å². The minimum absolute atomic E-state index is 0.121. The maximum atomic E-state index is 11.2. The van der Waals surface area contributed by atoms with Crippen molar-refractivity contribution in [1.29, 1.82) is 0 Å². The molecule has 0 aliphatic heterocycles. The van der Waals surface area contributed by atoms with Crippen LogP contribution in [0.2, 0.25) is 0 Å². The number of benzene rings is 2. The molecule has 8 heteroatoms. The zero-order chi connectivity index (χ0) is 18.4. The van der Waals surface area contributed by atoms with Gasteiger partial charge in [0.25, 0.3) is 0 Å². The third-order valence-electron chi connectivity index (χ3n) is 3.68. The van der Waals surface area contributed by atoms with Gasteiger partial charge in [0.15, 0.2) is 11.5 Å². The number of hydrogen-bond acceptors (Lipinski definition) is 5. The number of primary sulfonamides is 1. The van der Waals surface area contributed by atoms with Gasteiger partial charge in [-0.3, -0.25) is 0 Å². The van der Waals surface area contributed by atoms with Gasteiger partial charge in [0.1, 0.15) is 0 Å². The molecular weight excluding hydrogens is 408 g/mol. The van der Waals surface area contributed by atoms with Crippen molar-refractivity contribution < 1.29 is 17.9 Å². The average molecular weight is 429 g/mol. The van der Waals surface area contributed by atoms with Gasteiger partial charge in [0.2, 0.25) is 10.0 Å². The van der Waals surface area contributed by atoms with E-state index in [1.54, 1.807) is 26.4 Å². The normalized spacial score (nSPS) is 11.4. The van der Waals surface area contributed by atoms with Gasteiger partial charge in [0.05, 0.1) is 19.1 Å². The molecule has 0 aliphatic rings. The molecule has 0 radical (unpaired) electrons. The van der Waals surface area contributed by atoms with Crippen molar-refractivity contribution in [1.82, 2.24) is 5.32 Å². The van der Waals surface area contributed by atoms with Gasteiger partial charge >= 0.3 is 0 Å². The Bertz CT molecular complexity index is 823. The summed E-state index contributed by atoms with van der Waals surface area (Å²) in [5.74, 6) is 1.38. The molecule has 25 heavy (non-hydrogen) atoms. The van der Waals surface area contributed by atoms with E-state index in [0.29, 0.717) is 18.0 Å². The van der Waals surface area contributed by atoms with E-state index in [2.05, 4.69) is 21.2 Å². The summed E-state index contributed by atoms with van der Waals surface area (Å²) in [6.45, 7) is 1.35. The first-order valence-corrected chi connectivity index (χ1v) is 9.92. The standard InChI is InChI=1S/C17H21BrN2O4S/c1-23-16-10-14(18)9-13(17(16)24-2)11-20-8-7-12-3-5-15(6-4-12)25(19,21)22/h3-6,9-10,20H,7-8,11H2,1-2H3,(H2,19,21,22). The Labute approximate surface area is 156 Å². The van der Waals surface area contributed by atoms with Crippen LogP contribution in [0.3, 0.4) is 0 Å². The van der Waals surface area contributed by atoms with Crippen molar-refractivity contribution in [2.45, 2.75) is 17.9 Å². The number of rotatable bonds is 8. The summed E-state index contributed by atoms with van der Waals surface area (Å²) in [5, 5.41) is 8.44. The Morgan fingerprint density at radius 3 is 2.36 bits per heavy atom. The number of hydrogen-bond donors (Lipinski definition) is 2. The van der Waals surface area contributed by atoms with Crippen molar-refractivity contribution in [3.8, 4) is 11.5 Å². The Balaban J connectivity index is 1.94. The van der Waals surface area contributed by atoms with E-state index in [9.17, 15) is 8.42 Å².